The Morgan fingerprint density at radius 3 is 2.46 bits per heavy atom. The number of thiazole rings is 1. The number of nitrogens with one attached hydrogen (secondary N) is 1. The van der Waals surface area contributed by atoms with E-state index in [-0.39, 0.29) is 16.8 Å². The summed E-state index contributed by atoms with van der Waals surface area (Å²) in [6, 6.07) is 1.46. The summed E-state index contributed by atoms with van der Waals surface area (Å²) in [7, 11) is -1.78. The number of carbonyl (C=O) groups excluding carboxylic acids is 1. The highest BCUT2D eigenvalue weighted by Gasteiger charge is 2.27. The predicted octanol–water partition coefficient (Wildman–Crippen LogP) is 3.08. The van der Waals surface area contributed by atoms with Crippen molar-refractivity contribution < 1.29 is 13.2 Å². The van der Waals surface area contributed by atoms with Crippen LogP contribution in [0.15, 0.2) is 11.0 Å². The monoisotopic (exact) mass is 424 g/mol. The Morgan fingerprint density at radius 2 is 1.86 bits per heavy atom. The number of rotatable bonds is 5. The minimum Gasteiger partial charge on any atom is -0.345 e. The van der Waals surface area contributed by atoms with Crippen LogP contribution >= 0.6 is 11.3 Å². The molecule has 1 fully saturated rings. The summed E-state index contributed by atoms with van der Waals surface area (Å²) in [6.07, 6.45) is 3.25. The lowest BCUT2D eigenvalue weighted by molar-refractivity contribution is 0.0728. The molecule has 0 aliphatic carbocycles. The third-order valence-electron chi connectivity index (χ3n) is 5.02. The number of hydrogen-bond donors (Lipinski definition) is 1. The van der Waals surface area contributed by atoms with Gasteiger partial charge in [0.2, 0.25) is 10.0 Å². The minimum atomic E-state index is -3.61. The Kier molecular flexibility index (Phi) is 5.97. The molecule has 0 unspecified atom stereocenters. The number of likely N-dealkylation sites (tertiary alicyclic amines) is 1. The van der Waals surface area contributed by atoms with Gasteiger partial charge in [0.05, 0.1) is 11.4 Å². The normalized spacial score (nSPS) is 15.4. The van der Waals surface area contributed by atoms with Crippen LogP contribution in [0.4, 0.5) is 0 Å². The molecule has 2 aromatic heterocycles. The summed E-state index contributed by atoms with van der Waals surface area (Å²) in [5.41, 5.74) is 2.03. The van der Waals surface area contributed by atoms with Gasteiger partial charge in [0.1, 0.15) is 14.8 Å². The molecule has 1 saturated heterocycles. The van der Waals surface area contributed by atoms with E-state index in [1.54, 1.807) is 26.8 Å². The number of aromatic nitrogens is 2. The van der Waals surface area contributed by atoms with Crippen LogP contribution in [0.3, 0.4) is 0 Å². The van der Waals surface area contributed by atoms with E-state index in [0.717, 1.165) is 25.9 Å². The van der Waals surface area contributed by atoms with Crippen molar-refractivity contribution >= 4 is 27.3 Å². The molecule has 154 valence electrons. The van der Waals surface area contributed by atoms with E-state index < -0.39 is 10.0 Å². The highest BCUT2D eigenvalue weighted by atomic mass is 32.2. The molecular weight excluding hydrogens is 396 g/mol. The largest absolute Gasteiger partial charge is 0.345 e. The standard InChI is InChI=1S/C19H28N4O3S2/c1-12(2)21-28(25,26)16-11-15(22(5)14(16)4)18-20-13(3)17(27-18)19(24)23-9-7-6-8-10-23/h11-12,21H,6-10H2,1-5H3. The average molecular weight is 425 g/mol. The van der Waals surface area contributed by atoms with Gasteiger partial charge in [-0.05, 0) is 53.0 Å². The van der Waals surface area contributed by atoms with E-state index in [1.807, 2.05) is 23.4 Å². The van der Waals surface area contributed by atoms with Gasteiger partial charge in [-0.3, -0.25) is 4.79 Å². The molecule has 0 bridgehead atoms. The first kappa shape index (κ1) is 21.0. The molecule has 0 atom stereocenters. The maximum atomic E-state index is 12.9. The Hall–Kier alpha value is -1.71. The van der Waals surface area contributed by atoms with Gasteiger partial charge < -0.3 is 9.47 Å². The topological polar surface area (TPSA) is 84.3 Å². The molecule has 9 heteroatoms. The molecule has 1 aliphatic heterocycles. The number of sulfonamides is 1. The van der Waals surface area contributed by atoms with E-state index in [4.69, 9.17) is 0 Å². The average Bonchev–Trinajstić information content (AvgIpc) is 3.15. The summed E-state index contributed by atoms with van der Waals surface area (Å²) in [4.78, 5) is 20.3. The fraction of sp³-hybridized carbons (Fsp3) is 0.579. The molecule has 2 aromatic rings. The molecular formula is C19H28N4O3S2. The lowest BCUT2D eigenvalue weighted by Crippen LogP contribution is -2.35. The summed E-state index contributed by atoms with van der Waals surface area (Å²) in [6.45, 7) is 8.78. The number of piperidine rings is 1. The first-order valence-corrected chi connectivity index (χ1v) is 11.9. The zero-order valence-electron chi connectivity index (χ0n) is 17.1. The summed E-state index contributed by atoms with van der Waals surface area (Å²) >= 11 is 1.34. The molecule has 1 N–H and O–H groups in total. The number of nitrogens with zero attached hydrogens (tertiary/aromatic N) is 3. The number of aryl methyl sites for hydroxylation is 1. The van der Waals surface area contributed by atoms with Crippen LogP contribution < -0.4 is 4.72 Å². The van der Waals surface area contributed by atoms with Crippen molar-refractivity contribution in [2.24, 2.45) is 7.05 Å². The van der Waals surface area contributed by atoms with E-state index in [2.05, 4.69) is 9.71 Å². The first-order chi connectivity index (χ1) is 13.1. The molecule has 0 spiro atoms. The van der Waals surface area contributed by atoms with E-state index in [0.29, 0.717) is 27.0 Å². The van der Waals surface area contributed by atoms with E-state index in [9.17, 15) is 13.2 Å². The molecule has 0 aromatic carbocycles. The van der Waals surface area contributed by atoms with Gasteiger partial charge >= 0.3 is 0 Å². The SMILES string of the molecule is Cc1nc(-c2cc(S(=O)(=O)NC(C)C)c(C)n2C)sc1C(=O)N1CCCCC1. The zero-order valence-corrected chi connectivity index (χ0v) is 18.7. The molecule has 3 heterocycles. The quantitative estimate of drug-likeness (QED) is 0.799. The molecule has 0 radical (unpaired) electrons. The minimum absolute atomic E-state index is 0.0289. The fourth-order valence-corrected chi connectivity index (χ4v) is 6.09. The summed E-state index contributed by atoms with van der Waals surface area (Å²) in [5, 5.41) is 0.662. The third kappa shape index (κ3) is 4.01. The molecule has 1 amide bonds. The molecule has 28 heavy (non-hydrogen) atoms. The zero-order chi connectivity index (χ0) is 20.6. The number of hydrogen-bond acceptors (Lipinski definition) is 5. The smallest absolute Gasteiger partial charge is 0.265 e. The summed E-state index contributed by atoms with van der Waals surface area (Å²) < 4.78 is 29.7. The Balaban J connectivity index is 1.97. The molecule has 0 saturated carbocycles. The van der Waals surface area contributed by atoms with Gasteiger partial charge in [-0.25, -0.2) is 18.1 Å². The van der Waals surface area contributed by atoms with Crippen molar-refractivity contribution in [2.75, 3.05) is 13.1 Å². The van der Waals surface area contributed by atoms with Crippen molar-refractivity contribution in [1.82, 2.24) is 19.2 Å². The van der Waals surface area contributed by atoms with Gasteiger partial charge in [0.15, 0.2) is 0 Å². The van der Waals surface area contributed by atoms with E-state index in [1.165, 1.54) is 17.8 Å². The molecule has 1 aliphatic rings. The highest BCUT2D eigenvalue weighted by molar-refractivity contribution is 7.89. The van der Waals surface area contributed by atoms with E-state index >= 15 is 0 Å². The Bertz CT molecular complexity index is 983. The molecule has 3 rings (SSSR count). The van der Waals surface area contributed by atoms with Crippen LogP contribution in [0.2, 0.25) is 0 Å². The Morgan fingerprint density at radius 1 is 1.21 bits per heavy atom. The lowest BCUT2D eigenvalue weighted by Gasteiger charge is -2.26. The second-order valence-corrected chi connectivity index (χ2v) is 10.3. The number of carbonyl (C=O) groups is 1. The van der Waals surface area contributed by atoms with Crippen LogP contribution in [-0.4, -0.2) is 47.9 Å². The van der Waals surface area contributed by atoms with Gasteiger partial charge in [-0.1, -0.05) is 0 Å². The van der Waals surface area contributed by atoms with Crippen LogP contribution in [-0.2, 0) is 17.1 Å². The summed E-state index contributed by atoms with van der Waals surface area (Å²) in [5.74, 6) is 0.0289. The van der Waals surface area contributed by atoms with Gasteiger partial charge in [0, 0.05) is 31.9 Å². The van der Waals surface area contributed by atoms with Crippen molar-refractivity contribution in [1.29, 1.82) is 0 Å². The lowest BCUT2D eigenvalue weighted by atomic mass is 10.1. The maximum Gasteiger partial charge on any atom is 0.265 e. The van der Waals surface area contributed by atoms with Crippen LogP contribution in [0.1, 0.15) is 54.2 Å². The first-order valence-electron chi connectivity index (χ1n) is 9.57. The fourth-order valence-electron chi connectivity index (χ4n) is 3.47. The van der Waals surface area contributed by atoms with Gasteiger partial charge in [-0.2, -0.15) is 0 Å². The van der Waals surface area contributed by atoms with Crippen LogP contribution in [0.5, 0.6) is 0 Å². The van der Waals surface area contributed by atoms with Crippen molar-refractivity contribution in [3.05, 3.63) is 22.3 Å². The second kappa shape index (κ2) is 7.96. The predicted molar refractivity (Wildman–Crippen MR) is 111 cm³/mol. The van der Waals surface area contributed by atoms with Crippen LogP contribution in [0.25, 0.3) is 10.7 Å². The van der Waals surface area contributed by atoms with Crippen LogP contribution in [0, 0.1) is 13.8 Å². The van der Waals surface area contributed by atoms with Crippen molar-refractivity contribution in [3.8, 4) is 10.7 Å². The highest BCUT2D eigenvalue weighted by Crippen LogP contribution is 2.33. The molecule has 7 nitrogen and oxygen atoms in total. The Labute approximate surface area is 170 Å². The van der Waals surface area contributed by atoms with Crippen molar-refractivity contribution in [2.45, 2.75) is 57.9 Å². The maximum absolute atomic E-state index is 12.9. The third-order valence-corrected chi connectivity index (χ3v) is 7.96. The van der Waals surface area contributed by atoms with Gasteiger partial charge in [0.25, 0.3) is 5.91 Å². The van der Waals surface area contributed by atoms with Gasteiger partial charge in [-0.15, -0.1) is 11.3 Å². The number of amides is 1. The second-order valence-electron chi connectivity index (χ2n) is 7.60. The van der Waals surface area contributed by atoms with Crippen molar-refractivity contribution in [3.63, 3.8) is 0 Å².